The van der Waals surface area contributed by atoms with Crippen molar-refractivity contribution in [1.82, 2.24) is 9.97 Å². The van der Waals surface area contributed by atoms with Crippen LogP contribution in [0.15, 0.2) is 42.5 Å². The van der Waals surface area contributed by atoms with Gasteiger partial charge in [0.25, 0.3) is 0 Å². The van der Waals surface area contributed by atoms with E-state index in [4.69, 9.17) is 17.3 Å². The van der Waals surface area contributed by atoms with Crippen molar-refractivity contribution in [2.75, 3.05) is 11.1 Å². The molecule has 0 saturated carbocycles. The summed E-state index contributed by atoms with van der Waals surface area (Å²) in [4.78, 5) is 8.24. The summed E-state index contributed by atoms with van der Waals surface area (Å²) in [6.07, 6.45) is 0. The number of nitrogen functional groups attached to an aromatic ring is 1. The normalized spacial score (nSPS) is 10.7. The first kappa shape index (κ1) is 12.6. The van der Waals surface area contributed by atoms with Crippen LogP contribution in [0.5, 0.6) is 0 Å². The van der Waals surface area contributed by atoms with Crippen molar-refractivity contribution in [1.29, 1.82) is 0 Å². The smallest absolute Gasteiger partial charge is 0.222 e. The van der Waals surface area contributed by atoms with E-state index in [0.717, 1.165) is 5.39 Å². The number of para-hydroxylation sites is 1. The highest BCUT2D eigenvalue weighted by atomic mass is 35.5. The van der Waals surface area contributed by atoms with Crippen molar-refractivity contribution in [2.45, 2.75) is 0 Å². The number of halogens is 2. The number of benzene rings is 2. The predicted octanol–water partition coefficient (Wildman–Crippen LogP) is 3.75. The van der Waals surface area contributed by atoms with Gasteiger partial charge in [-0.1, -0.05) is 23.7 Å². The second kappa shape index (κ2) is 4.94. The van der Waals surface area contributed by atoms with Crippen molar-refractivity contribution in [3.05, 3.63) is 53.3 Å². The van der Waals surface area contributed by atoms with Crippen molar-refractivity contribution < 1.29 is 4.39 Å². The summed E-state index contributed by atoms with van der Waals surface area (Å²) >= 11 is 5.87. The molecule has 0 amide bonds. The first-order valence-corrected chi connectivity index (χ1v) is 6.25. The molecular formula is C14H10ClFN4. The molecule has 1 aromatic heterocycles. The van der Waals surface area contributed by atoms with E-state index in [1.165, 1.54) is 18.2 Å². The molecule has 0 fully saturated rings. The van der Waals surface area contributed by atoms with Crippen LogP contribution < -0.4 is 11.1 Å². The Bertz CT molecular complexity index is 791. The molecule has 6 heteroatoms. The highest BCUT2D eigenvalue weighted by Crippen LogP contribution is 2.27. The van der Waals surface area contributed by atoms with Crippen LogP contribution in [0, 0.1) is 5.82 Å². The predicted molar refractivity (Wildman–Crippen MR) is 78.6 cm³/mol. The van der Waals surface area contributed by atoms with E-state index in [9.17, 15) is 4.39 Å². The first-order chi connectivity index (χ1) is 9.63. The number of aromatic nitrogens is 2. The summed E-state index contributed by atoms with van der Waals surface area (Å²) < 4.78 is 13.8. The fourth-order valence-electron chi connectivity index (χ4n) is 1.91. The Kier molecular flexibility index (Phi) is 3.12. The maximum absolute atomic E-state index is 13.8. The topological polar surface area (TPSA) is 63.8 Å². The van der Waals surface area contributed by atoms with Gasteiger partial charge in [-0.05, 0) is 30.3 Å². The molecule has 100 valence electrons. The van der Waals surface area contributed by atoms with E-state index in [0.29, 0.717) is 16.4 Å². The standard InChI is InChI=1S/C14H10ClFN4/c15-8-5-6-10(16)12(7-8)18-13-9-3-1-2-4-11(9)19-14(17)20-13/h1-7H,(H3,17,18,19,20). The maximum Gasteiger partial charge on any atom is 0.222 e. The van der Waals surface area contributed by atoms with E-state index in [1.807, 2.05) is 24.3 Å². The average molecular weight is 289 g/mol. The van der Waals surface area contributed by atoms with Crippen LogP contribution in [0.3, 0.4) is 0 Å². The Morgan fingerprint density at radius 1 is 1.10 bits per heavy atom. The summed E-state index contributed by atoms with van der Waals surface area (Å²) in [6, 6.07) is 11.6. The molecule has 4 nitrogen and oxygen atoms in total. The lowest BCUT2D eigenvalue weighted by atomic mass is 10.2. The summed E-state index contributed by atoms with van der Waals surface area (Å²) in [5.74, 6) is 0.138. The third-order valence-electron chi connectivity index (χ3n) is 2.80. The molecule has 0 aliphatic heterocycles. The van der Waals surface area contributed by atoms with Crippen LogP contribution in [0.2, 0.25) is 5.02 Å². The second-order valence-electron chi connectivity index (χ2n) is 4.20. The summed E-state index contributed by atoms with van der Waals surface area (Å²) in [6.45, 7) is 0. The summed E-state index contributed by atoms with van der Waals surface area (Å²) in [7, 11) is 0. The zero-order valence-corrected chi connectivity index (χ0v) is 11.0. The van der Waals surface area contributed by atoms with Gasteiger partial charge < -0.3 is 11.1 Å². The molecule has 0 atom stereocenters. The number of hydrogen-bond donors (Lipinski definition) is 2. The number of rotatable bonds is 2. The van der Waals surface area contributed by atoms with Gasteiger partial charge in [-0.15, -0.1) is 0 Å². The van der Waals surface area contributed by atoms with Crippen LogP contribution in [0.25, 0.3) is 10.9 Å². The molecular weight excluding hydrogens is 279 g/mol. The molecule has 0 spiro atoms. The lowest BCUT2D eigenvalue weighted by Crippen LogP contribution is -2.02. The van der Waals surface area contributed by atoms with Crippen LogP contribution in [-0.2, 0) is 0 Å². The molecule has 0 bridgehead atoms. The van der Waals surface area contributed by atoms with Gasteiger partial charge in [-0.2, -0.15) is 4.98 Å². The largest absolute Gasteiger partial charge is 0.368 e. The van der Waals surface area contributed by atoms with Gasteiger partial charge in [-0.25, -0.2) is 9.37 Å². The zero-order chi connectivity index (χ0) is 14.1. The summed E-state index contributed by atoms with van der Waals surface area (Å²) in [5, 5.41) is 4.09. The third-order valence-corrected chi connectivity index (χ3v) is 3.04. The lowest BCUT2D eigenvalue weighted by Gasteiger charge is -2.10. The molecule has 1 heterocycles. The quantitative estimate of drug-likeness (QED) is 0.754. The zero-order valence-electron chi connectivity index (χ0n) is 10.3. The van der Waals surface area contributed by atoms with Crippen LogP contribution in [0.4, 0.5) is 21.8 Å². The lowest BCUT2D eigenvalue weighted by molar-refractivity contribution is 0.632. The molecule has 3 N–H and O–H groups in total. The van der Waals surface area contributed by atoms with Gasteiger partial charge in [0.15, 0.2) is 0 Å². The van der Waals surface area contributed by atoms with Gasteiger partial charge in [0.1, 0.15) is 11.6 Å². The van der Waals surface area contributed by atoms with Gasteiger partial charge >= 0.3 is 0 Å². The van der Waals surface area contributed by atoms with Gasteiger partial charge in [0.2, 0.25) is 5.95 Å². The maximum atomic E-state index is 13.8. The highest BCUT2D eigenvalue weighted by Gasteiger charge is 2.09. The van der Waals surface area contributed by atoms with Gasteiger partial charge in [0, 0.05) is 10.4 Å². The fourth-order valence-corrected chi connectivity index (χ4v) is 2.08. The first-order valence-electron chi connectivity index (χ1n) is 5.88. The fraction of sp³-hybridized carbons (Fsp3) is 0. The third kappa shape index (κ3) is 2.35. The average Bonchev–Trinajstić information content (AvgIpc) is 2.43. The number of nitrogens with two attached hydrogens (primary N) is 1. The van der Waals surface area contributed by atoms with Crippen LogP contribution in [-0.4, -0.2) is 9.97 Å². The highest BCUT2D eigenvalue weighted by molar-refractivity contribution is 6.30. The molecule has 0 unspecified atom stereocenters. The summed E-state index contributed by atoms with van der Waals surface area (Å²) in [5.41, 5.74) is 6.59. The van der Waals surface area contributed by atoms with Crippen molar-refractivity contribution >= 4 is 40.0 Å². The molecule has 20 heavy (non-hydrogen) atoms. The minimum absolute atomic E-state index is 0.119. The minimum atomic E-state index is -0.421. The number of anilines is 3. The number of fused-ring (bicyclic) bond motifs is 1. The number of nitrogens with zero attached hydrogens (tertiary/aromatic N) is 2. The molecule has 3 aromatic rings. The van der Waals surface area contributed by atoms with Crippen molar-refractivity contribution in [2.24, 2.45) is 0 Å². The molecule has 0 aliphatic rings. The Hall–Kier alpha value is -2.40. The van der Waals surface area contributed by atoms with Crippen molar-refractivity contribution in [3.8, 4) is 0 Å². The second-order valence-corrected chi connectivity index (χ2v) is 4.63. The van der Waals surface area contributed by atoms with Gasteiger partial charge in [0.05, 0.1) is 11.2 Å². The SMILES string of the molecule is Nc1nc(Nc2cc(Cl)ccc2F)c2ccccc2n1. The molecule has 2 aromatic carbocycles. The minimum Gasteiger partial charge on any atom is -0.368 e. The van der Waals surface area contributed by atoms with E-state index in [1.54, 1.807) is 0 Å². The number of nitrogens with one attached hydrogen (secondary N) is 1. The number of hydrogen-bond acceptors (Lipinski definition) is 4. The Morgan fingerprint density at radius 3 is 2.75 bits per heavy atom. The van der Waals surface area contributed by atoms with Crippen LogP contribution >= 0.6 is 11.6 Å². The Morgan fingerprint density at radius 2 is 1.90 bits per heavy atom. The van der Waals surface area contributed by atoms with Gasteiger partial charge in [-0.3, -0.25) is 0 Å². The Balaban J connectivity index is 2.13. The van der Waals surface area contributed by atoms with E-state index in [-0.39, 0.29) is 11.6 Å². The molecule has 0 saturated heterocycles. The molecule has 3 rings (SSSR count). The van der Waals surface area contributed by atoms with E-state index < -0.39 is 5.82 Å². The molecule has 0 aliphatic carbocycles. The van der Waals surface area contributed by atoms with E-state index in [2.05, 4.69) is 15.3 Å². The van der Waals surface area contributed by atoms with E-state index >= 15 is 0 Å². The monoisotopic (exact) mass is 288 g/mol. The Labute approximate surface area is 119 Å². The van der Waals surface area contributed by atoms with Crippen molar-refractivity contribution in [3.63, 3.8) is 0 Å². The molecule has 0 radical (unpaired) electrons. The van der Waals surface area contributed by atoms with Crippen LogP contribution in [0.1, 0.15) is 0 Å².